The van der Waals surface area contributed by atoms with Crippen LogP contribution in [0.5, 0.6) is 5.75 Å². The molecular weight excluding hydrogens is 384 g/mol. The molecule has 0 unspecified atom stereocenters. The molecule has 1 aromatic carbocycles. The molecule has 2 rings (SSSR count). The van der Waals surface area contributed by atoms with Gasteiger partial charge in [0.1, 0.15) is 18.1 Å². The van der Waals surface area contributed by atoms with Crippen molar-refractivity contribution >= 4 is 34.2 Å². The molecule has 0 fully saturated rings. The molecule has 1 heterocycles. The molecule has 0 aliphatic rings. The Morgan fingerprint density at radius 3 is 2.61 bits per heavy atom. The fourth-order valence-corrected chi connectivity index (χ4v) is 2.06. The lowest BCUT2D eigenvalue weighted by Crippen LogP contribution is -2.31. The van der Waals surface area contributed by atoms with E-state index in [2.05, 4.69) is 26.6 Å². The van der Waals surface area contributed by atoms with Gasteiger partial charge in [-0.2, -0.15) is 0 Å². The minimum atomic E-state index is -0.215. The second kappa shape index (κ2) is 10.3. The minimum absolute atomic E-state index is 0. The maximum Gasteiger partial charge on any atom is 0.287 e. The summed E-state index contributed by atoms with van der Waals surface area (Å²) < 4.78 is 12.1. The third-order valence-electron chi connectivity index (χ3n) is 2.92. The number of halogens is 2. The topological polar surface area (TPSA) is 63.5 Å². The number of carbonyl (C=O) groups is 1. The number of hydrogen-bond acceptors (Lipinski definition) is 4. The van der Waals surface area contributed by atoms with E-state index in [9.17, 15) is 4.79 Å². The van der Waals surface area contributed by atoms with E-state index in [-0.39, 0.29) is 24.9 Å². The molecule has 1 aromatic heterocycles. The number of carbonyl (C=O) groups excluding carboxylic acids is 1. The number of nitrogens with one attached hydrogen (secondary N) is 2. The molecule has 0 saturated carbocycles. The Morgan fingerprint density at radius 2 is 1.91 bits per heavy atom. The Morgan fingerprint density at radius 1 is 1.17 bits per heavy atom. The van der Waals surface area contributed by atoms with Crippen molar-refractivity contribution in [3.05, 3.63) is 52.4 Å². The van der Waals surface area contributed by atoms with Gasteiger partial charge in [-0.25, -0.2) is 0 Å². The van der Waals surface area contributed by atoms with E-state index < -0.39 is 0 Å². The van der Waals surface area contributed by atoms with Crippen LogP contribution in [0.3, 0.4) is 0 Å². The first-order valence-electron chi connectivity index (χ1n) is 7.15. The monoisotopic (exact) mass is 402 g/mol. The second-order valence-electron chi connectivity index (χ2n) is 4.62. The van der Waals surface area contributed by atoms with Crippen molar-refractivity contribution in [1.29, 1.82) is 0 Å². The first-order valence-corrected chi connectivity index (χ1v) is 7.94. The number of amides is 1. The molecule has 5 nitrogen and oxygen atoms in total. The molecule has 0 atom stereocenters. The molecule has 0 bridgehead atoms. The third kappa shape index (κ3) is 6.64. The Kier molecular flexibility index (Phi) is 8.76. The summed E-state index contributed by atoms with van der Waals surface area (Å²) in [6, 6.07) is 10.9. The van der Waals surface area contributed by atoms with E-state index >= 15 is 0 Å². The van der Waals surface area contributed by atoms with Crippen molar-refractivity contribution in [3.8, 4) is 5.75 Å². The maximum absolute atomic E-state index is 11.9. The van der Waals surface area contributed by atoms with Gasteiger partial charge in [-0.1, -0.05) is 22.9 Å². The summed E-state index contributed by atoms with van der Waals surface area (Å²) in [6.07, 6.45) is 0. The van der Waals surface area contributed by atoms with Crippen LogP contribution in [0.4, 0.5) is 0 Å². The van der Waals surface area contributed by atoms with Gasteiger partial charge in [0.15, 0.2) is 5.76 Å². The van der Waals surface area contributed by atoms with Crippen molar-refractivity contribution < 1.29 is 13.9 Å². The van der Waals surface area contributed by atoms with Crippen LogP contribution in [0.15, 0.2) is 45.3 Å². The number of ether oxygens (including phenoxy) is 1. The van der Waals surface area contributed by atoms with E-state index in [4.69, 9.17) is 9.15 Å². The van der Waals surface area contributed by atoms with E-state index in [1.807, 2.05) is 31.2 Å². The standard InChI is InChI=1S/C16H19BrN2O3.ClH/c1-2-18-9-10-19-16(20)15-8-7-14(22-15)11-21-13-5-3-12(17)4-6-13;/h3-8,18H,2,9-11H2,1H3,(H,19,20);1H. The van der Waals surface area contributed by atoms with Crippen molar-refractivity contribution in [2.24, 2.45) is 0 Å². The molecule has 0 aliphatic carbocycles. The van der Waals surface area contributed by atoms with Gasteiger partial charge in [0.2, 0.25) is 0 Å². The molecule has 0 aliphatic heterocycles. The number of rotatable bonds is 8. The Balaban J connectivity index is 0.00000264. The molecule has 0 saturated heterocycles. The number of hydrogen-bond donors (Lipinski definition) is 2. The van der Waals surface area contributed by atoms with E-state index in [0.717, 1.165) is 23.3 Å². The van der Waals surface area contributed by atoms with Crippen LogP contribution in [-0.2, 0) is 6.61 Å². The average Bonchev–Trinajstić information content (AvgIpc) is 3.00. The van der Waals surface area contributed by atoms with Gasteiger partial charge in [-0.3, -0.25) is 4.79 Å². The molecule has 1 amide bonds. The predicted molar refractivity (Wildman–Crippen MR) is 95.3 cm³/mol. The number of likely N-dealkylation sites (N-methyl/N-ethyl adjacent to an activating group) is 1. The number of benzene rings is 1. The van der Waals surface area contributed by atoms with Crippen molar-refractivity contribution in [3.63, 3.8) is 0 Å². The second-order valence-corrected chi connectivity index (χ2v) is 5.53. The fourth-order valence-electron chi connectivity index (χ4n) is 1.79. The average molecular weight is 404 g/mol. The van der Waals surface area contributed by atoms with Gasteiger partial charge in [0.25, 0.3) is 5.91 Å². The van der Waals surface area contributed by atoms with Gasteiger partial charge in [-0.15, -0.1) is 12.4 Å². The predicted octanol–water partition coefficient (Wildman–Crippen LogP) is 3.38. The molecule has 7 heteroatoms. The highest BCUT2D eigenvalue weighted by Crippen LogP contribution is 2.18. The molecule has 126 valence electrons. The largest absolute Gasteiger partial charge is 0.486 e. The normalized spacial score (nSPS) is 10.0. The van der Waals surface area contributed by atoms with Crippen LogP contribution in [0, 0.1) is 0 Å². The summed E-state index contributed by atoms with van der Waals surface area (Å²) in [6.45, 7) is 4.49. The smallest absolute Gasteiger partial charge is 0.287 e. The fraction of sp³-hybridized carbons (Fsp3) is 0.312. The van der Waals surface area contributed by atoms with Crippen LogP contribution in [0.2, 0.25) is 0 Å². The summed E-state index contributed by atoms with van der Waals surface area (Å²) in [5, 5.41) is 5.92. The van der Waals surface area contributed by atoms with Crippen LogP contribution in [0.1, 0.15) is 23.2 Å². The van der Waals surface area contributed by atoms with Crippen molar-refractivity contribution in [1.82, 2.24) is 10.6 Å². The zero-order valence-corrected chi connectivity index (χ0v) is 15.2. The minimum Gasteiger partial charge on any atom is -0.486 e. The summed E-state index contributed by atoms with van der Waals surface area (Å²) in [5.74, 6) is 1.44. The zero-order chi connectivity index (χ0) is 15.8. The van der Waals surface area contributed by atoms with E-state index in [1.165, 1.54) is 0 Å². The van der Waals surface area contributed by atoms with Crippen LogP contribution in [-0.4, -0.2) is 25.5 Å². The first kappa shape index (κ1) is 19.5. The molecule has 2 aromatic rings. The molecule has 23 heavy (non-hydrogen) atoms. The van der Waals surface area contributed by atoms with Crippen LogP contribution < -0.4 is 15.4 Å². The van der Waals surface area contributed by atoms with Gasteiger partial charge in [0, 0.05) is 17.6 Å². The van der Waals surface area contributed by atoms with Gasteiger partial charge < -0.3 is 19.8 Å². The molecule has 2 N–H and O–H groups in total. The van der Waals surface area contributed by atoms with Gasteiger partial charge in [0.05, 0.1) is 0 Å². The van der Waals surface area contributed by atoms with Gasteiger partial charge in [-0.05, 0) is 42.9 Å². The third-order valence-corrected chi connectivity index (χ3v) is 3.45. The van der Waals surface area contributed by atoms with Crippen LogP contribution in [0.25, 0.3) is 0 Å². The molecule has 0 radical (unpaired) electrons. The van der Waals surface area contributed by atoms with E-state index in [1.54, 1.807) is 12.1 Å². The Labute approximate surface area is 150 Å². The number of furan rings is 1. The lowest BCUT2D eigenvalue weighted by molar-refractivity contribution is 0.0922. The molecular formula is C16H20BrClN2O3. The highest BCUT2D eigenvalue weighted by Gasteiger charge is 2.10. The first-order chi connectivity index (χ1) is 10.7. The quantitative estimate of drug-likeness (QED) is 0.663. The zero-order valence-electron chi connectivity index (χ0n) is 12.8. The summed E-state index contributed by atoms with van der Waals surface area (Å²) in [5.41, 5.74) is 0. The van der Waals surface area contributed by atoms with Crippen molar-refractivity contribution in [2.45, 2.75) is 13.5 Å². The Bertz CT molecular complexity index is 602. The lowest BCUT2D eigenvalue weighted by Gasteiger charge is -2.04. The summed E-state index contributed by atoms with van der Waals surface area (Å²) in [7, 11) is 0. The van der Waals surface area contributed by atoms with E-state index in [0.29, 0.717) is 18.1 Å². The maximum atomic E-state index is 11.9. The Hall–Kier alpha value is -1.50. The lowest BCUT2D eigenvalue weighted by atomic mass is 10.3. The SMILES string of the molecule is CCNCCNC(=O)c1ccc(COc2ccc(Br)cc2)o1.Cl. The summed E-state index contributed by atoms with van der Waals surface area (Å²) >= 11 is 3.37. The van der Waals surface area contributed by atoms with Crippen LogP contribution >= 0.6 is 28.3 Å². The summed E-state index contributed by atoms with van der Waals surface area (Å²) in [4.78, 5) is 11.9. The van der Waals surface area contributed by atoms with Gasteiger partial charge >= 0.3 is 0 Å². The van der Waals surface area contributed by atoms with Crippen molar-refractivity contribution in [2.75, 3.05) is 19.6 Å². The highest BCUT2D eigenvalue weighted by atomic mass is 79.9. The highest BCUT2D eigenvalue weighted by molar-refractivity contribution is 9.10. The molecule has 0 spiro atoms.